The highest BCUT2D eigenvalue weighted by atomic mass is 32.1. The summed E-state index contributed by atoms with van der Waals surface area (Å²) in [6.45, 7) is 2.22. The summed E-state index contributed by atoms with van der Waals surface area (Å²) in [6, 6.07) is 6.75. The number of carbonyl (C=O) groups is 2. The first kappa shape index (κ1) is 15.7. The lowest BCUT2D eigenvalue weighted by Gasteiger charge is -2.06. The standard InChI is InChI=1S/C17H18N2O3S/c1-2-15-18-14(10-23-15)9-22-17(21)12-5-7-13(8-6-12)19-16(20)11-3-4-11/h5-8,10-11H,2-4,9H2,1H3,(H,19,20). The Morgan fingerprint density at radius 2 is 2.04 bits per heavy atom. The molecule has 1 aromatic carbocycles. The second-order valence-electron chi connectivity index (χ2n) is 5.50. The van der Waals surface area contributed by atoms with E-state index < -0.39 is 5.97 Å². The molecule has 1 fully saturated rings. The van der Waals surface area contributed by atoms with Gasteiger partial charge in [0, 0.05) is 17.0 Å². The third-order valence-electron chi connectivity index (χ3n) is 3.59. The van der Waals surface area contributed by atoms with E-state index in [2.05, 4.69) is 10.3 Å². The second-order valence-corrected chi connectivity index (χ2v) is 6.45. The molecule has 23 heavy (non-hydrogen) atoms. The number of rotatable bonds is 6. The summed E-state index contributed by atoms with van der Waals surface area (Å²) in [6.07, 6.45) is 2.81. The Morgan fingerprint density at radius 3 is 2.65 bits per heavy atom. The van der Waals surface area contributed by atoms with Gasteiger partial charge in [0.05, 0.1) is 16.3 Å². The van der Waals surface area contributed by atoms with Crippen molar-refractivity contribution in [2.24, 2.45) is 5.92 Å². The molecule has 120 valence electrons. The van der Waals surface area contributed by atoms with Crippen molar-refractivity contribution in [2.45, 2.75) is 32.8 Å². The van der Waals surface area contributed by atoms with Crippen molar-refractivity contribution in [1.29, 1.82) is 0 Å². The minimum Gasteiger partial charge on any atom is -0.456 e. The molecular formula is C17H18N2O3S. The number of anilines is 1. The zero-order chi connectivity index (χ0) is 16.2. The summed E-state index contributed by atoms with van der Waals surface area (Å²) in [5.74, 6) is -0.183. The molecule has 2 aromatic rings. The van der Waals surface area contributed by atoms with Crippen molar-refractivity contribution in [1.82, 2.24) is 4.98 Å². The molecule has 1 aliphatic rings. The summed E-state index contributed by atoms with van der Waals surface area (Å²) in [7, 11) is 0. The Bertz CT molecular complexity index is 705. The molecule has 1 saturated carbocycles. The van der Waals surface area contributed by atoms with Crippen LogP contribution in [-0.4, -0.2) is 16.9 Å². The average molecular weight is 330 g/mol. The fourth-order valence-corrected chi connectivity index (χ4v) is 2.81. The Balaban J connectivity index is 1.53. The van der Waals surface area contributed by atoms with E-state index >= 15 is 0 Å². The first-order chi connectivity index (χ1) is 11.2. The van der Waals surface area contributed by atoms with Gasteiger partial charge in [-0.3, -0.25) is 4.79 Å². The van der Waals surface area contributed by atoms with E-state index in [1.807, 2.05) is 12.3 Å². The summed E-state index contributed by atoms with van der Waals surface area (Å²) in [5.41, 5.74) is 1.93. The molecule has 0 aliphatic heterocycles. The van der Waals surface area contributed by atoms with Gasteiger partial charge in [-0.05, 0) is 43.5 Å². The highest BCUT2D eigenvalue weighted by molar-refractivity contribution is 7.09. The van der Waals surface area contributed by atoms with Gasteiger partial charge < -0.3 is 10.1 Å². The highest BCUT2D eigenvalue weighted by Gasteiger charge is 2.29. The minimum atomic E-state index is -0.392. The van der Waals surface area contributed by atoms with Crippen LogP contribution in [0.5, 0.6) is 0 Å². The number of thiazole rings is 1. The van der Waals surface area contributed by atoms with E-state index in [4.69, 9.17) is 4.74 Å². The number of benzene rings is 1. The molecule has 0 unspecified atom stereocenters. The number of hydrogen-bond acceptors (Lipinski definition) is 5. The van der Waals surface area contributed by atoms with Crippen molar-refractivity contribution in [3.8, 4) is 0 Å². The molecule has 1 aliphatic carbocycles. The van der Waals surface area contributed by atoms with Crippen molar-refractivity contribution < 1.29 is 14.3 Å². The number of aromatic nitrogens is 1. The lowest BCUT2D eigenvalue weighted by Crippen LogP contribution is -2.13. The molecular weight excluding hydrogens is 312 g/mol. The van der Waals surface area contributed by atoms with Gasteiger partial charge in [-0.2, -0.15) is 0 Å². The zero-order valence-electron chi connectivity index (χ0n) is 12.9. The fraction of sp³-hybridized carbons (Fsp3) is 0.353. The Labute approximate surface area is 138 Å². The minimum absolute atomic E-state index is 0.0515. The van der Waals surface area contributed by atoms with Crippen LogP contribution in [0.2, 0.25) is 0 Å². The van der Waals surface area contributed by atoms with E-state index in [1.54, 1.807) is 35.6 Å². The number of nitrogens with one attached hydrogen (secondary N) is 1. The first-order valence-corrected chi connectivity index (χ1v) is 8.55. The van der Waals surface area contributed by atoms with Crippen molar-refractivity contribution in [2.75, 3.05) is 5.32 Å². The van der Waals surface area contributed by atoms with Crippen LogP contribution in [0.4, 0.5) is 5.69 Å². The number of amides is 1. The predicted octanol–water partition coefficient (Wildman–Crippen LogP) is 3.41. The van der Waals surface area contributed by atoms with Crippen LogP contribution in [0.25, 0.3) is 0 Å². The molecule has 1 amide bonds. The van der Waals surface area contributed by atoms with Crippen LogP contribution in [-0.2, 0) is 22.6 Å². The van der Waals surface area contributed by atoms with Gasteiger partial charge in [0.2, 0.25) is 5.91 Å². The number of hydrogen-bond donors (Lipinski definition) is 1. The number of esters is 1. The molecule has 0 saturated heterocycles. The Kier molecular flexibility index (Phi) is 4.71. The molecule has 0 radical (unpaired) electrons. The Morgan fingerprint density at radius 1 is 1.30 bits per heavy atom. The third kappa shape index (κ3) is 4.16. The van der Waals surface area contributed by atoms with E-state index in [9.17, 15) is 9.59 Å². The van der Waals surface area contributed by atoms with Crippen LogP contribution < -0.4 is 5.32 Å². The van der Waals surface area contributed by atoms with Crippen LogP contribution in [0, 0.1) is 5.92 Å². The zero-order valence-corrected chi connectivity index (χ0v) is 13.7. The van der Waals surface area contributed by atoms with Gasteiger partial charge in [0.15, 0.2) is 0 Å². The molecule has 1 aromatic heterocycles. The first-order valence-electron chi connectivity index (χ1n) is 7.67. The summed E-state index contributed by atoms with van der Waals surface area (Å²) in [5, 5.41) is 5.78. The van der Waals surface area contributed by atoms with E-state index in [1.165, 1.54) is 0 Å². The lowest BCUT2D eigenvalue weighted by molar-refractivity contribution is -0.117. The van der Waals surface area contributed by atoms with Gasteiger partial charge in [0.1, 0.15) is 6.61 Å². The van der Waals surface area contributed by atoms with E-state index in [-0.39, 0.29) is 18.4 Å². The number of aryl methyl sites for hydroxylation is 1. The predicted molar refractivity (Wildman–Crippen MR) is 88.4 cm³/mol. The van der Waals surface area contributed by atoms with Crippen molar-refractivity contribution >= 4 is 28.9 Å². The summed E-state index contributed by atoms with van der Waals surface area (Å²) >= 11 is 1.57. The molecule has 0 bridgehead atoms. The largest absolute Gasteiger partial charge is 0.456 e. The van der Waals surface area contributed by atoms with E-state index in [0.717, 1.165) is 30.0 Å². The monoisotopic (exact) mass is 330 g/mol. The maximum atomic E-state index is 12.0. The van der Waals surface area contributed by atoms with Gasteiger partial charge >= 0.3 is 5.97 Å². The smallest absolute Gasteiger partial charge is 0.338 e. The quantitative estimate of drug-likeness (QED) is 0.824. The third-order valence-corrected chi connectivity index (χ3v) is 4.63. The number of nitrogens with zero attached hydrogens (tertiary/aromatic N) is 1. The fourth-order valence-electron chi connectivity index (χ4n) is 2.08. The SMILES string of the molecule is CCc1nc(COC(=O)c2ccc(NC(=O)C3CC3)cc2)cs1. The molecule has 1 N–H and O–H groups in total. The van der Waals surface area contributed by atoms with Crippen LogP contribution in [0.15, 0.2) is 29.6 Å². The van der Waals surface area contributed by atoms with Crippen LogP contribution >= 0.6 is 11.3 Å². The van der Waals surface area contributed by atoms with Gasteiger partial charge in [0.25, 0.3) is 0 Å². The molecule has 6 heteroatoms. The molecule has 0 spiro atoms. The normalized spacial score (nSPS) is 13.6. The molecule has 3 rings (SSSR count). The van der Waals surface area contributed by atoms with E-state index in [0.29, 0.717) is 11.3 Å². The highest BCUT2D eigenvalue weighted by Crippen LogP contribution is 2.30. The molecule has 0 atom stereocenters. The van der Waals surface area contributed by atoms with Crippen LogP contribution in [0.3, 0.4) is 0 Å². The summed E-state index contributed by atoms with van der Waals surface area (Å²) < 4.78 is 5.26. The van der Waals surface area contributed by atoms with Crippen LogP contribution in [0.1, 0.15) is 40.8 Å². The molecule has 1 heterocycles. The molecule has 5 nitrogen and oxygen atoms in total. The van der Waals surface area contributed by atoms with Gasteiger partial charge in [-0.1, -0.05) is 6.92 Å². The average Bonchev–Trinajstić information content (AvgIpc) is 3.32. The van der Waals surface area contributed by atoms with Gasteiger partial charge in [-0.25, -0.2) is 9.78 Å². The number of ether oxygens (including phenoxy) is 1. The van der Waals surface area contributed by atoms with Crippen molar-refractivity contribution in [3.63, 3.8) is 0 Å². The topological polar surface area (TPSA) is 68.3 Å². The summed E-state index contributed by atoms with van der Waals surface area (Å²) in [4.78, 5) is 28.0. The van der Waals surface area contributed by atoms with Gasteiger partial charge in [-0.15, -0.1) is 11.3 Å². The number of carbonyl (C=O) groups excluding carboxylic acids is 2. The van der Waals surface area contributed by atoms with Crippen molar-refractivity contribution in [3.05, 3.63) is 45.9 Å². The lowest BCUT2D eigenvalue weighted by atomic mass is 10.2. The maximum absolute atomic E-state index is 12.0. The Hall–Kier alpha value is -2.21. The maximum Gasteiger partial charge on any atom is 0.338 e. The second kappa shape index (κ2) is 6.91.